The molecule has 1 unspecified atom stereocenters. The van der Waals surface area contributed by atoms with Crippen LogP contribution in [0.2, 0.25) is 0 Å². The Hall–Kier alpha value is -1.02. The van der Waals surface area contributed by atoms with Crippen LogP contribution >= 0.6 is 11.6 Å². The maximum atomic E-state index is 11.7. The molecule has 82 valence electrons. The summed E-state index contributed by atoms with van der Waals surface area (Å²) in [6.07, 6.45) is 0.791. The van der Waals surface area contributed by atoms with E-state index in [2.05, 4.69) is 5.32 Å². The van der Waals surface area contributed by atoms with Crippen LogP contribution in [-0.4, -0.2) is 17.8 Å². The Labute approximate surface area is 95.6 Å². The predicted octanol–water partition coefficient (Wildman–Crippen LogP) is 2.74. The fourth-order valence-electron chi connectivity index (χ4n) is 1.33. The molecule has 15 heavy (non-hydrogen) atoms. The van der Waals surface area contributed by atoms with Crippen molar-refractivity contribution >= 4 is 17.5 Å². The van der Waals surface area contributed by atoms with Crippen LogP contribution in [0.4, 0.5) is 0 Å². The van der Waals surface area contributed by atoms with Crippen molar-refractivity contribution in [2.75, 3.05) is 5.88 Å². The number of nitrogens with one attached hydrogen (secondary N) is 1. The van der Waals surface area contributed by atoms with Gasteiger partial charge in [0.25, 0.3) is 5.91 Å². The van der Waals surface area contributed by atoms with E-state index in [0.29, 0.717) is 11.4 Å². The van der Waals surface area contributed by atoms with Crippen molar-refractivity contribution in [1.82, 2.24) is 5.32 Å². The minimum Gasteiger partial charge on any atom is -0.350 e. The molecule has 0 aliphatic rings. The molecular formula is C12H16ClNO. The van der Waals surface area contributed by atoms with Crippen LogP contribution < -0.4 is 5.32 Å². The van der Waals surface area contributed by atoms with Gasteiger partial charge in [-0.2, -0.15) is 0 Å². The number of amides is 1. The Balaban J connectivity index is 2.61. The van der Waals surface area contributed by atoms with E-state index >= 15 is 0 Å². The topological polar surface area (TPSA) is 29.1 Å². The van der Waals surface area contributed by atoms with Crippen molar-refractivity contribution in [3.8, 4) is 0 Å². The van der Waals surface area contributed by atoms with Crippen LogP contribution in [0.3, 0.4) is 0 Å². The molecule has 1 aromatic rings. The first-order valence-corrected chi connectivity index (χ1v) is 5.60. The van der Waals surface area contributed by atoms with Crippen LogP contribution in [0.1, 0.15) is 29.3 Å². The second kappa shape index (κ2) is 5.76. The molecule has 0 spiro atoms. The number of carbonyl (C=O) groups is 1. The Morgan fingerprint density at radius 3 is 2.87 bits per heavy atom. The first-order valence-electron chi connectivity index (χ1n) is 5.07. The van der Waals surface area contributed by atoms with E-state index < -0.39 is 0 Å². The van der Waals surface area contributed by atoms with Gasteiger partial charge in [0, 0.05) is 17.5 Å². The van der Waals surface area contributed by atoms with Crippen LogP contribution in [0.25, 0.3) is 0 Å². The third-order valence-electron chi connectivity index (χ3n) is 2.20. The Kier molecular flexibility index (Phi) is 4.63. The minimum atomic E-state index is -0.0312. The van der Waals surface area contributed by atoms with Gasteiger partial charge in [-0.15, -0.1) is 11.6 Å². The van der Waals surface area contributed by atoms with Gasteiger partial charge in [-0.25, -0.2) is 0 Å². The maximum Gasteiger partial charge on any atom is 0.251 e. The molecule has 0 fully saturated rings. The van der Waals surface area contributed by atoms with Crippen LogP contribution in [0, 0.1) is 6.92 Å². The molecule has 1 rings (SSSR count). The molecule has 0 aromatic heterocycles. The van der Waals surface area contributed by atoms with Gasteiger partial charge in [-0.1, -0.05) is 17.7 Å². The fraction of sp³-hybridized carbons (Fsp3) is 0.417. The molecule has 0 saturated carbocycles. The summed E-state index contributed by atoms with van der Waals surface area (Å²) in [5, 5.41) is 2.90. The molecule has 0 aliphatic carbocycles. The quantitative estimate of drug-likeness (QED) is 0.785. The lowest BCUT2D eigenvalue weighted by atomic mass is 10.1. The van der Waals surface area contributed by atoms with Crippen molar-refractivity contribution in [2.24, 2.45) is 0 Å². The van der Waals surface area contributed by atoms with Crippen molar-refractivity contribution in [2.45, 2.75) is 26.3 Å². The zero-order chi connectivity index (χ0) is 11.3. The van der Waals surface area contributed by atoms with E-state index in [0.717, 1.165) is 12.0 Å². The summed E-state index contributed by atoms with van der Waals surface area (Å²) in [6.45, 7) is 3.93. The lowest BCUT2D eigenvalue weighted by Crippen LogP contribution is -2.32. The third-order valence-corrected chi connectivity index (χ3v) is 2.42. The molecule has 1 aromatic carbocycles. The monoisotopic (exact) mass is 225 g/mol. The van der Waals surface area contributed by atoms with Crippen molar-refractivity contribution < 1.29 is 4.79 Å². The number of hydrogen-bond acceptors (Lipinski definition) is 1. The number of halogens is 1. The summed E-state index contributed by atoms with van der Waals surface area (Å²) in [6, 6.07) is 7.67. The van der Waals surface area contributed by atoms with E-state index in [1.54, 1.807) is 0 Å². The lowest BCUT2D eigenvalue weighted by Gasteiger charge is -2.12. The molecule has 2 nitrogen and oxygen atoms in total. The van der Waals surface area contributed by atoms with Crippen LogP contribution in [0.5, 0.6) is 0 Å². The van der Waals surface area contributed by atoms with E-state index in [4.69, 9.17) is 11.6 Å². The van der Waals surface area contributed by atoms with E-state index in [9.17, 15) is 4.79 Å². The third kappa shape index (κ3) is 3.92. The fourth-order valence-corrected chi connectivity index (χ4v) is 1.66. The normalized spacial score (nSPS) is 12.2. The number of rotatable bonds is 4. The van der Waals surface area contributed by atoms with E-state index in [1.165, 1.54) is 0 Å². The first kappa shape index (κ1) is 12.1. The largest absolute Gasteiger partial charge is 0.350 e. The number of benzene rings is 1. The van der Waals surface area contributed by atoms with E-state index in [1.807, 2.05) is 38.1 Å². The molecule has 1 N–H and O–H groups in total. The summed E-state index contributed by atoms with van der Waals surface area (Å²) in [4.78, 5) is 11.7. The summed E-state index contributed by atoms with van der Waals surface area (Å²) in [5.41, 5.74) is 1.80. The van der Waals surface area contributed by atoms with Crippen LogP contribution in [-0.2, 0) is 0 Å². The predicted molar refractivity (Wildman–Crippen MR) is 63.4 cm³/mol. The van der Waals surface area contributed by atoms with Gasteiger partial charge in [0.2, 0.25) is 0 Å². The Bertz CT molecular complexity index is 338. The average molecular weight is 226 g/mol. The summed E-state index contributed by atoms with van der Waals surface area (Å²) in [5.74, 6) is 0.534. The first-order chi connectivity index (χ1) is 7.13. The standard InChI is InChI=1S/C12H16ClNO/c1-9-4-3-5-11(8-9)12(15)14-10(2)6-7-13/h3-5,8,10H,6-7H2,1-2H3,(H,14,15). The SMILES string of the molecule is Cc1cccc(C(=O)NC(C)CCCl)c1. The summed E-state index contributed by atoms with van der Waals surface area (Å²) >= 11 is 5.60. The van der Waals surface area contributed by atoms with Gasteiger partial charge >= 0.3 is 0 Å². The van der Waals surface area contributed by atoms with Crippen molar-refractivity contribution in [3.63, 3.8) is 0 Å². The molecule has 0 saturated heterocycles. The van der Waals surface area contributed by atoms with Crippen molar-refractivity contribution in [1.29, 1.82) is 0 Å². The second-order valence-electron chi connectivity index (χ2n) is 3.72. The summed E-state index contributed by atoms with van der Waals surface area (Å²) in [7, 11) is 0. The number of aryl methyl sites for hydroxylation is 1. The Morgan fingerprint density at radius 1 is 1.53 bits per heavy atom. The molecule has 1 atom stereocenters. The molecule has 3 heteroatoms. The van der Waals surface area contributed by atoms with Crippen LogP contribution in [0.15, 0.2) is 24.3 Å². The molecule has 0 heterocycles. The van der Waals surface area contributed by atoms with Gasteiger partial charge in [0.1, 0.15) is 0 Å². The molecular weight excluding hydrogens is 210 g/mol. The van der Waals surface area contributed by atoms with Gasteiger partial charge in [0.05, 0.1) is 0 Å². The number of alkyl halides is 1. The number of carbonyl (C=O) groups excluding carboxylic acids is 1. The molecule has 0 bridgehead atoms. The molecule has 1 amide bonds. The van der Waals surface area contributed by atoms with E-state index in [-0.39, 0.29) is 11.9 Å². The zero-order valence-corrected chi connectivity index (χ0v) is 9.84. The zero-order valence-electron chi connectivity index (χ0n) is 9.09. The maximum absolute atomic E-state index is 11.7. The molecule has 0 radical (unpaired) electrons. The van der Waals surface area contributed by atoms with Gasteiger partial charge in [-0.05, 0) is 32.4 Å². The number of hydrogen-bond donors (Lipinski definition) is 1. The highest BCUT2D eigenvalue weighted by molar-refractivity contribution is 6.17. The highest BCUT2D eigenvalue weighted by Gasteiger charge is 2.08. The second-order valence-corrected chi connectivity index (χ2v) is 4.10. The Morgan fingerprint density at radius 2 is 2.27 bits per heavy atom. The van der Waals surface area contributed by atoms with Gasteiger partial charge in [-0.3, -0.25) is 4.79 Å². The van der Waals surface area contributed by atoms with Gasteiger partial charge in [0.15, 0.2) is 0 Å². The average Bonchev–Trinajstić information content (AvgIpc) is 2.18. The highest BCUT2D eigenvalue weighted by Crippen LogP contribution is 2.04. The summed E-state index contributed by atoms with van der Waals surface area (Å²) < 4.78 is 0. The lowest BCUT2D eigenvalue weighted by molar-refractivity contribution is 0.0939. The van der Waals surface area contributed by atoms with Gasteiger partial charge < -0.3 is 5.32 Å². The van der Waals surface area contributed by atoms with Crippen molar-refractivity contribution in [3.05, 3.63) is 35.4 Å². The molecule has 0 aliphatic heterocycles. The smallest absolute Gasteiger partial charge is 0.251 e. The minimum absolute atomic E-state index is 0.0312. The highest BCUT2D eigenvalue weighted by atomic mass is 35.5.